The Labute approximate surface area is 136 Å². The van der Waals surface area contributed by atoms with Gasteiger partial charge in [-0.3, -0.25) is 9.59 Å². The average molecular weight is 369 g/mol. The predicted octanol–water partition coefficient (Wildman–Crippen LogP) is 3.15. The monoisotopic (exact) mass is 368 g/mol. The molecule has 0 aromatic heterocycles. The third-order valence-electron chi connectivity index (χ3n) is 4.19. The molecule has 6 heteroatoms. The van der Waals surface area contributed by atoms with Gasteiger partial charge in [-0.05, 0) is 44.0 Å². The molecule has 2 saturated heterocycles. The number of benzene rings is 1. The van der Waals surface area contributed by atoms with E-state index in [2.05, 4.69) is 28.2 Å². The fraction of sp³-hybridized carbons (Fsp3) is 0.467. The number of rotatable bonds is 2. The normalized spacial score (nSPS) is 27.9. The summed E-state index contributed by atoms with van der Waals surface area (Å²) in [7, 11) is 0. The highest BCUT2D eigenvalue weighted by atomic mass is 79.9. The van der Waals surface area contributed by atoms with Gasteiger partial charge in [-0.1, -0.05) is 15.9 Å². The minimum atomic E-state index is -0.363. The molecule has 3 rings (SSSR count). The fourth-order valence-electron chi connectivity index (χ4n) is 3.00. The molecule has 0 bridgehead atoms. The van der Waals surface area contributed by atoms with Crippen molar-refractivity contribution in [2.45, 2.75) is 37.6 Å². The van der Waals surface area contributed by atoms with Crippen LogP contribution in [0.2, 0.25) is 0 Å². The van der Waals surface area contributed by atoms with Gasteiger partial charge in [0.05, 0.1) is 4.87 Å². The number of hydrogen-bond donors (Lipinski definition) is 1. The molecule has 2 fully saturated rings. The van der Waals surface area contributed by atoms with Crippen LogP contribution in [-0.2, 0) is 9.59 Å². The molecule has 1 aromatic carbocycles. The third-order valence-corrected chi connectivity index (χ3v) is 6.19. The molecule has 2 aliphatic heterocycles. The molecule has 1 aromatic rings. The van der Waals surface area contributed by atoms with E-state index in [0.29, 0.717) is 12.2 Å². The van der Waals surface area contributed by atoms with Gasteiger partial charge < -0.3 is 10.2 Å². The molecular formula is C15H17BrN2O2S. The summed E-state index contributed by atoms with van der Waals surface area (Å²) < 4.78 is 0.983. The number of aryl methyl sites for hydroxylation is 1. The summed E-state index contributed by atoms with van der Waals surface area (Å²) in [5.74, 6) is 0.672. The lowest BCUT2D eigenvalue weighted by Gasteiger charge is -2.30. The second kappa shape index (κ2) is 5.32. The Morgan fingerprint density at radius 1 is 1.52 bits per heavy atom. The molecule has 2 amide bonds. The lowest BCUT2D eigenvalue weighted by molar-refractivity contribution is -0.135. The van der Waals surface area contributed by atoms with E-state index in [0.717, 1.165) is 22.1 Å². The highest BCUT2D eigenvalue weighted by Crippen LogP contribution is 2.47. The van der Waals surface area contributed by atoms with Crippen molar-refractivity contribution >= 4 is 45.2 Å². The number of nitrogens with one attached hydrogen (secondary N) is 1. The fourth-order valence-corrected chi connectivity index (χ4v) is 4.91. The van der Waals surface area contributed by atoms with E-state index in [-0.39, 0.29) is 22.7 Å². The topological polar surface area (TPSA) is 49.4 Å². The van der Waals surface area contributed by atoms with Crippen LogP contribution < -0.4 is 5.32 Å². The van der Waals surface area contributed by atoms with Gasteiger partial charge >= 0.3 is 0 Å². The quantitative estimate of drug-likeness (QED) is 0.871. The summed E-state index contributed by atoms with van der Waals surface area (Å²) in [4.78, 5) is 26.2. The van der Waals surface area contributed by atoms with Gasteiger partial charge in [0.25, 0.3) is 0 Å². The predicted molar refractivity (Wildman–Crippen MR) is 88.2 cm³/mol. The highest BCUT2D eigenvalue weighted by Gasteiger charge is 2.52. The van der Waals surface area contributed by atoms with Crippen LogP contribution in [0.3, 0.4) is 0 Å². The van der Waals surface area contributed by atoms with Crippen LogP contribution in [-0.4, -0.2) is 33.4 Å². The molecular weight excluding hydrogens is 352 g/mol. The first kappa shape index (κ1) is 14.9. The van der Waals surface area contributed by atoms with E-state index in [1.807, 2.05) is 25.1 Å². The Morgan fingerprint density at radius 2 is 2.29 bits per heavy atom. The lowest BCUT2D eigenvalue weighted by Crippen LogP contribution is -2.48. The Hall–Kier alpha value is -1.01. The number of carbonyl (C=O) groups is 2. The number of hydrogen-bond acceptors (Lipinski definition) is 3. The van der Waals surface area contributed by atoms with E-state index in [1.54, 1.807) is 16.7 Å². The molecule has 0 unspecified atom stereocenters. The van der Waals surface area contributed by atoms with Crippen molar-refractivity contribution in [3.8, 4) is 0 Å². The van der Waals surface area contributed by atoms with Crippen LogP contribution in [0.15, 0.2) is 22.7 Å². The van der Waals surface area contributed by atoms with E-state index < -0.39 is 0 Å². The molecule has 0 spiro atoms. The van der Waals surface area contributed by atoms with Crippen LogP contribution in [0.4, 0.5) is 5.69 Å². The Kier molecular flexibility index (Phi) is 3.78. The van der Waals surface area contributed by atoms with Crippen LogP contribution in [0.5, 0.6) is 0 Å². The molecule has 0 radical (unpaired) electrons. The van der Waals surface area contributed by atoms with Gasteiger partial charge in [0.2, 0.25) is 11.8 Å². The Bertz CT molecular complexity index is 622. The molecule has 0 saturated carbocycles. The molecule has 112 valence electrons. The zero-order valence-electron chi connectivity index (χ0n) is 12.0. The number of halogens is 1. The lowest BCUT2D eigenvalue weighted by atomic mass is 10.1. The van der Waals surface area contributed by atoms with Crippen LogP contribution in [0, 0.1) is 6.92 Å². The second-order valence-corrected chi connectivity index (χ2v) is 8.13. The van der Waals surface area contributed by atoms with Gasteiger partial charge in [-0.25, -0.2) is 0 Å². The summed E-state index contributed by atoms with van der Waals surface area (Å²) >= 11 is 5.12. The van der Waals surface area contributed by atoms with Crippen LogP contribution in [0.1, 0.15) is 25.3 Å². The molecule has 4 nitrogen and oxygen atoms in total. The third kappa shape index (κ3) is 2.59. The molecule has 2 atom stereocenters. The molecule has 2 aliphatic rings. The van der Waals surface area contributed by atoms with Gasteiger partial charge in [-0.15, -0.1) is 11.8 Å². The standard InChI is InChI=1S/C15H17BrN2O2S/c1-9-7-10(16)3-4-11(9)17-14(20)12-8-21-15(2)6-5-13(19)18(12)15/h3-4,7,12H,5-6,8H2,1-2H3,(H,17,20)/t12-,15+/m0/s1. The largest absolute Gasteiger partial charge is 0.324 e. The molecule has 1 N–H and O–H groups in total. The highest BCUT2D eigenvalue weighted by molar-refractivity contribution is 9.10. The molecule has 21 heavy (non-hydrogen) atoms. The summed E-state index contributed by atoms with van der Waals surface area (Å²) in [6.45, 7) is 4.01. The summed E-state index contributed by atoms with van der Waals surface area (Å²) in [6, 6.07) is 5.38. The zero-order chi connectivity index (χ0) is 15.2. The summed E-state index contributed by atoms with van der Waals surface area (Å²) in [5.41, 5.74) is 1.80. The minimum Gasteiger partial charge on any atom is -0.324 e. The van der Waals surface area contributed by atoms with Crippen molar-refractivity contribution < 1.29 is 9.59 Å². The van der Waals surface area contributed by atoms with Gasteiger partial charge in [0.15, 0.2) is 0 Å². The smallest absolute Gasteiger partial charge is 0.248 e. The number of amides is 2. The number of nitrogens with zero attached hydrogens (tertiary/aromatic N) is 1. The summed E-state index contributed by atoms with van der Waals surface area (Å²) in [5, 5.41) is 2.96. The maximum absolute atomic E-state index is 12.6. The van der Waals surface area contributed by atoms with E-state index in [9.17, 15) is 9.59 Å². The second-order valence-electron chi connectivity index (χ2n) is 5.71. The van der Waals surface area contributed by atoms with Gasteiger partial charge in [-0.2, -0.15) is 0 Å². The van der Waals surface area contributed by atoms with Gasteiger partial charge in [0, 0.05) is 22.3 Å². The first-order chi connectivity index (χ1) is 9.90. The van der Waals surface area contributed by atoms with E-state index in [4.69, 9.17) is 0 Å². The van der Waals surface area contributed by atoms with Crippen molar-refractivity contribution in [3.63, 3.8) is 0 Å². The van der Waals surface area contributed by atoms with Crippen molar-refractivity contribution in [3.05, 3.63) is 28.2 Å². The van der Waals surface area contributed by atoms with Crippen LogP contribution >= 0.6 is 27.7 Å². The number of fused-ring (bicyclic) bond motifs is 1. The van der Waals surface area contributed by atoms with Crippen molar-refractivity contribution in [2.75, 3.05) is 11.1 Å². The number of anilines is 1. The number of thioether (sulfide) groups is 1. The summed E-state index contributed by atoms with van der Waals surface area (Å²) in [6.07, 6.45) is 1.38. The Morgan fingerprint density at radius 3 is 3.00 bits per heavy atom. The van der Waals surface area contributed by atoms with E-state index in [1.165, 1.54) is 0 Å². The molecule has 0 aliphatic carbocycles. The minimum absolute atomic E-state index is 0.0908. The average Bonchev–Trinajstić information content (AvgIpc) is 2.90. The maximum Gasteiger partial charge on any atom is 0.248 e. The zero-order valence-corrected chi connectivity index (χ0v) is 14.4. The van der Waals surface area contributed by atoms with Crippen molar-refractivity contribution in [2.24, 2.45) is 0 Å². The van der Waals surface area contributed by atoms with Crippen LogP contribution in [0.25, 0.3) is 0 Å². The van der Waals surface area contributed by atoms with E-state index >= 15 is 0 Å². The van der Waals surface area contributed by atoms with Crippen molar-refractivity contribution in [1.82, 2.24) is 4.90 Å². The maximum atomic E-state index is 12.6. The SMILES string of the molecule is Cc1cc(Br)ccc1NC(=O)[C@@H]1CS[C@]2(C)CCC(=O)N12. The first-order valence-electron chi connectivity index (χ1n) is 6.94. The molecule has 2 heterocycles. The Balaban J connectivity index is 1.78. The van der Waals surface area contributed by atoms with Crippen molar-refractivity contribution in [1.29, 1.82) is 0 Å². The number of carbonyl (C=O) groups excluding carboxylic acids is 2. The van der Waals surface area contributed by atoms with Gasteiger partial charge in [0.1, 0.15) is 6.04 Å². The first-order valence-corrected chi connectivity index (χ1v) is 8.72.